The number of hydrogen-bond acceptors (Lipinski definition) is 5. The molecule has 0 radical (unpaired) electrons. The Bertz CT molecular complexity index is 716. The summed E-state index contributed by atoms with van der Waals surface area (Å²) in [5, 5.41) is 7.10. The molecule has 0 unspecified atom stereocenters. The van der Waals surface area contributed by atoms with Gasteiger partial charge in [0.25, 0.3) is 5.91 Å². The van der Waals surface area contributed by atoms with E-state index in [0.717, 1.165) is 6.54 Å². The number of rotatable bonds is 5. The number of hydrogen-bond donors (Lipinski definition) is 1. The lowest BCUT2D eigenvalue weighted by molar-refractivity contribution is -0.0605. The Morgan fingerprint density at radius 3 is 2.80 bits per heavy atom. The van der Waals surface area contributed by atoms with Crippen LogP contribution in [0.5, 0.6) is 5.88 Å². The van der Waals surface area contributed by atoms with Crippen molar-refractivity contribution in [2.75, 3.05) is 33.9 Å². The fourth-order valence-electron chi connectivity index (χ4n) is 3.19. The van der Waals surface area contributed by atoms with Crippen LogP contribution in [0.4, 0.5) is 0 Å². The minimum Gasteiger partial charge on any atom is -0.481 e. The second-order valence-electron chi connectivity index (χ2n) is 6.15. The zero-order valence-electron chi connectivity index (χ0n) is 14.8. The van der Waals surface area contributed by atoms with Gasteiger partial charge in [-0.15, -0.1) is 0 Å². The first-order valence-electron chi connectivity index (χ1n) is 8.33. The number of likely N-dealkylation sites (N-methyl/N-ethyl adjacent to an activating group) is 1. The molecule has 7 nitrogen and oxygen atoms in total. The van der Waals surface area contributed by atoms with Crippen molar-refractivity contribution < 1.29 is 14.3 Å². The zero-order valence-corrected chi connectivity index (χ0v) is 14.8. The van der Waals surface area contributed by atoms with Crippen molar-refractivity contribution in [3.8, 4) is 5.88 Å². The topological polar surface area (TPSA) is 68.6 Å². The highest BCUT2D eigenvalue weighted by Gasteiger charge is 2.31. The first-order valence-corrected chi connectivity index (χ1v) is 8.33. The fraction of sp³-hybridized carbons (Fsp3) is 0.444. The first kappa shape index (κ1) is 17.4. The van der Waals surface area contributed by atoms with Crippen LogP contribution in [0.15, 0.2) is 36.4 Å². The summed E-state index contributed by atoms with van der Waals surface area (Å²) < 4.78 is 12.6. The zero-order chi connectivity index (χ0) is 17.8. The molecule has 0 bridgehead atoms. The van der Waals surface area contributed by atoms with E-state index in [1.54, 1.807) is 20.2 Å². The second-order valence-corrected chi connectivity index (χ2v) is 6.15. The molecule has 1 aliphatic heterocycles. The lowest BCUT2D eigenvalue weighted by Gasteiger charge is -2.39. The quantitative estimate of drug-likeness (QED) is 0.884. The number of amides is 1. The molecule has 2 atom stereocenters. The van der Waals surface area contributed by atoms with Crippen LogP contribution in [-0.2, 0) is 11.8 Å². The highest BCUT2D eigenvalue weighted by atomic mass is 16.5. The number of nitrogens with zero attached hydrogens (tertiary/aromatic N) is 3. The van der Waals surface area contributed by atoms with Crippen LogP contribution in [0.3, 0.4) is 0 Å². The third-order valence-electron chi connectivity index (χ3n) is 4.49. The lowest BCUT2D eigenvalue weighted by Crippen LogP contribution is -2.48. The van der Waals surface area contributed by atoms with Crippen molar-refractivity contribution >= 4 is 5.91 Å². The van der Waals surface area contributed by atoms with Crippen LogP contribution in [0.25, 0.3) is 0 Å². The fourth-order valence-corrected chi connectivity index (χ4v) is 3.19. The third-order valence-corrected chi connectivity index (χ3v) is 4.49. The van der Waals surface area contributed by atoms with E-state index in [1.165, 1.54) is 10.2 Å². The SMILES string of the molecule is COc1cc(C(=O)NC[C@@H]2OCCN(C)[C@H]2c2ccccc2)nn1C. The van der Waals surface area contributed by atoms with Gasteiger partial charge in [0, 0.05) is 26.2 Å². The Morgan fingerprint density at radius 1 is 1.36 bits per heavy atom. The van der Waals surface area contributed by atoms with Crippen molar-refractivity contribution in [3.63, 3.8) is 0 Å². The Labute approximate surface area is 147 Å². The van der Waals surface area contributed by atoms with Gasteiger partial charge >= 0.3 is 0 Å². The van der Waals surface area contributed by atoms with Crippen LogP contribution < -0.4 is 10.1 Å². The number of aromatic nitrogens is 2. The number of morpholine rings is 1. The first-order chi connectivity index (χ1) is 12.1. The molecule has 0 aliphatic carbocycles. The largest absolute Gasteiger partial charge is 0.481 e. The Kier molecular flexibility index (Phi) is 5.35. The minimum atomic E-state index is -0.234. The molecule has 0 saturated carbocycles. The van der Waals surface area contributed by atoms with E-state index in [9.17, 15) is 4.79 Å². The van der Waals surface area contributed by atoms with E-state index in [2.05, 4.69) is 34.5 Å². The number of methoxy groups -OCH3 is 1. The molecule has 25 heavy (non-hydrogen) atoms. The number of carbonyl (C=O) groups excluding carboxylic acids is 1. The van der Waals surface area contributed by atoms with Crippen molar-refractivity contribution in [3.05, 3.63) is 47.7 Å². The molecule has 1 N–H and O–H groups in total. The summed E-state index contributed by atoms with van der Waals surface area (Å²) in [4.78, 5) is 14.6. The normalized spacial score (nSPS) is 21.1. The van der Waals surface area contributed by atoms with E-state index < -0.39 is 0 Å². The van der Waals surface area contributed by atoms with Gasteiger partial charge in [-0.1, -0.05) is 30.3 Å². The van der Waals surface area contributed by atoms with E-state index in [0.29, 0.717) is 24.7 Å². The van der Waals surface area contributed by atoms with Gasteiger partial charge in [0.05, 0.1) is 25.9 Å². The van der Waals surface area contributed by atoms with Gasteiger partial charge in [-0.3, -0.25) is 9.69 Å². The van der Waals surface area contributed by atoms with Crippen molar-refractivity contribution in [2.24, 2.45) is 7.05 Å². The Hall–Kier alpha value is -2.38. The van der Waals surface area contributed by atoms with Gasteiger partial charge in [0.2, 0.25) is 5.88 Å². The van der Waals surface area contributed by atoms with Crippen LogP contribution in [-0.4, -0.2) is 60.5 Å². The highest BCUT2D eigenvalue weighted by molar-refractivity contribution is 5.92. The van der Waals surface area contributed by atoms with Gasteiger partial charge in [-0.25, -0.2) is 4.68 Å². The molecule has 7 heteroatoms. The molecule has 1 aromatic carbocycles. The van der Waals surface area contributed by atoms with Crippen LogP contribution in [0.1, 0.15) is 22.1 Å². The molecule has 1 aliphatic rings. The molecular formula is C18H24N4O3. The number of carbonyl (C=O) groups is 1. The predicted molar refractivity (Wildman–Crippen MR) is 93.6 cm³/mol. The predicted octanol–water partition coefficient (Wildman–Crippen LogP) is 1.23. The number of aryl methyl sites for hydroxylation is 1. The average Bonchev–Trinajstić information content (AvgIpc) is 3.01. The minimum absolute atomic E-state index is 0.105. The maximum absolute atomic E-state index is 12.4. The summed E-state index contributed by atoms with van der Waals surface area (Å²) in [6, 6.07) is 12.0. The number of nitrogens with one attached hydrogen (secondary N) is 1. The van der Waals surface area contributed by atoms with Crippen molar-refractivity contribution in [1.29, 1.82) is 0 Å². The van der Waals surface area contributed by atoms with Gasteiger partial charge < -0.3 is 14.8 Å². The Balaban J connectivity index is 1.68. The smallest absolute Gasteiger partial charge is 0.272 e. The second kappa shape index (κ2) is 7.67. The molecule has 0 spiro atoms. The summed E-state index contributed by atoms with van der Waals surface area (Å²) in [5.74, 6) is 0.309. The molecule has 2 aromatic rings. The van der Waals surface area contributed by atoms with Gasteiger partial charge in [-0.2, -0.15) is 5.10 Å². The molecule has 134 valence electrons. The van der Waals surface area contributed by atoms with Gasteiger partial charge in [0.15, 0.2) is 5.69 Å². The van der Waals surface area contributed by atoms with E-state index in [-0.39, 0.29) is 18.1 Å². The van der Waals surface area contributed by atoms with E-state index in [4.69, 9.17) is 9.47 Å². The molecule has 1 saturated heterocycles. The number of ether oxygens (including phenoxy) is 2. The van der Waals surface area contributed by atoms with Gasteiger partial charge in [-0.05, 0) is 12.6 Å². The maximum Gasteiger partial charge on any atom is 0.272 e. The van der Waals surface area contributed by atoms with Gasteiger partial charge in [0.1, 0.15) is 0 Å². The molecule has 1 aromatic heterocycles. The highest BCUT2D eigenvalue weighted by Crippen LogP contribution is 2.27. The maximum atomic E-state index is 12.4. The van der Waals surface area contributed by atoms with Crippen LogP contribution in [0.2, 0.25) is 0 Å². The molecule has 1 amide bonds. The third kappa shape index (κ3) is 3.83. The lowest BCUT2D eigenvalue weighted by atomic mass is 9.98. The van der Waals surface area contributed by atoms with Crippen molar-refractivity contribution in [2.45, 2.75) is 12.1 Å². The Morgan fingerprint density at radius 2 is 2.12 bits per heavy atom. The summed E-state index contributed by atoms with van der Waals surface area (Å²) in [6.07, 6.45) is -0.115. The summed E-state index contributed by atoms with van der Waals surface area (Å²) in [6.45, 7) is 1.93. The number of benzene rings is 1. The van der Waals surface area contributed by atoms with Crippen molar-refractivity contribution in [1.82, 2.24) is 20.0 Å². The van der Waals surface area contributed by atoms with Crippen LogP contribution >= 0.6 is 0 Å². The molecular weight excluding hydrogens is 320 g/mol. The molecule has 3 rings (SSSR count). The molecule has 1 fully saturated rings. The summed E-state index contributed by atoms with van der Waals surface area (Å²) in [5.41, 5.74) is 1.52. The van der Waals surface area contributed by atoms with Crippen LogP contribution in [0, 0.1) is 0 Å². The average molecular weight is 344 g/mol. The summed E-state index contributed by atoms with van der Waals surface area (Å²) >= 11 is 0. The monoisotopic (exact) mass is 344 g/mol. The van der Waals surface area contributed by atoms with E-state index in [1.807, 2.05) is 18.2 Å². The summed E-state index contributed by atoms with van der Waals surface area (Å²) in [7, 11) is 5.37. The van der Waals surface area contributed by atoms with E-state index >= 15 is 0 Å². The molecule has 2 heterocycles. The standard InChI is InChI=1S/C18H24N4O3/c1-21-9-10-25-15(17(21)13-7-5-4-6-8-13)12-19-18(23)14-11-16(24-3)22(2)20-14/h4-8,11,15,17H,9-10,12H2,1-3H3,(H,19,23)/t15-,17-/m0/s1.